The normalized spacial score (nSPS) is 18.2. The number of azo groups is 1. The zero-order chi connectivity index (χ0) is 21.8. The van der Waals surface area contributed by atoms with Crippen molar-refractivity contribution in [1.29, 1.82) is 0 Å². The standard InChI is InChI=1S/C23H23N5O3/c1-27-22(29)20(21(26-27)23(30)31)15-16-5-7-17(8-6-16)24-25-18-9-11-19(12-10-18)28-13-3-2-4-14-28/h5-12,15H,2-4,13-14H2,1H3,(H,30,31)/b20-15-,25-24?. The number of carboxylic acids is 1. The minimum absolute atomic E-state index is 0.0539. The molecular weight excluding hydrogens is 394 g/mol. The van der Waals surface area contributed by atoms with E-state index >= 15 is 0 Å². The van der Waals surface area contributed by atoms with E-state index < -0.39 is 11.9 Å². The molecule has 4 rings (SSSR count). The van der Waals surface area contributed by atoms with Crippen LogP contribution < -0.4 is 4.90 Å². The summed E-state index contributed by atoms with van der Waals surface area (Å²) in [4.78, 5) is 25.8. The molecule has 0 bridgehead atoms. The summed E-state index contributed by atoms with van der Waals surface area (Å²) in [7, 11) is 1.43. The fourth-order valence-corrected chi connectivity index (χ4v) is 3.61. The number of carboxylic acid groups (broad SMARTS) is 1. The molecule has 2 aliphatic rings. The summed E-state index contributed by atoms with van der Waals surface area (Å²) < 4.78 is 0. The highest BCUT2D eigenvalue weighted by Gasteiger charge is 2.31. The largest absolute Gasteiger partial charge is 0.476 e. The van der Waals surface area contributed by atoms with Gasteiger partial charge in [-0.05, 0) is 67.3 Å². The van der Waals surface area contributed by atoms with Crippen molar-refractivity contribution in [3.8, 4) is 0 Å². The molecule has 2 heterocycles. The Morgan fingerprint density at radius 2 is 1.55 bits per heavy atom. The molecular formula is C23H23N5O3. The zero-order valence-corrected chi connectivity index (χ0v) is 17.2. The van der Waals surface area contributed by atoms with Gasteiger partial charge in [0.25, 0.3) is 5.91 Å². The third kappa shape index (κ3) is 4.69. The Bertz CT molecular complexity index is 1070. The average molecular weight is 417 g/mol. The monoisotopic (exact) mass is 417 g/mol. The molecule has 1 fully saturated rings. The topological polar surface area (TPSA) is 97.9 Å². The number of likely N-dealkylation sites (N-methyl/N-ethyl adjacent to an activating group) is 1. The lowest BCUT2D eigenvalue weighted by Crippen LogP contribution is -2.29. The molecule has 0 unspecified atom stereocenters. The summed E-state index contributed by atoms with van der Waals surface area (Å²) >= 11 is 0. The van der Waals surface area contributed by atoms with Gasteiger partial charge in [-0.3, -0.25) is 4.79 Å². The second kappa shape index (κ2) is 8.91. The molecule has 0 aliphatic carbocycles. The van der Waals surface area contributed by atoms with Crippen LogP contribution in [0.1, 0.15) is 24.8 Å². The Balaban J connectivity index is 1.44. The van der Waals surface area contributed by atoms with Crippen LogP contribution in [-0.4, -0.2) is 47.8 Å². The molecule has 2 aliphatic heterocycles. The molecule has 2 aromatic carbocycles. The van der Waals surface area contributed by atoms with E-state index in [0.717, 1.165) is 23.8 Å². The van der Waals surface area contributed by atoms with Crippen LogP contribution in [0.3, 0.4) is 0 Å². The Morgan fingerprint density at radius 3 is 2.13 bits per heavy atom. The Labute approximate surface area is 180 Å². The minimum Gasteiger partial charge on any atom is -0.476 e. The van der Waals surface area contributed by atoms with Crippen LogP contribution in [0.2, 0.25) is 0 Å². The van der Waals surface area contributed by atoms with Crippen molar-refractivity contribution in [2.75, 3.05) is 25.0 Å². The van der Waals surface area contributed by atoms with Crippen molar-refractivity contribution in [2.45, 2.75) is 19.3 Å². The predicted molar refractivity (Wildman–Crippen MR) is 119 cm³/mol. The van der Waals surface area contributed by atoms with E-state index in [1.165, 1.54) is 38.1 Å². The van der Waals surface area contributed by atoms with Crippen molar-refractivity contribution in [3.05, 3.63) is 59.7 Å². The number of hydrogen-bond donors (Lipinski definition) is 1. The highest BCUT2D eigenvalue weighted by atomic mass is 16.4. The van der Waals surface area contributed by atoms with Crippen LogP contribution in [-0.2, 0) is 9.59 Å². The fourth-order valence-electron chi connectivity index (χ4n) is 3.61. The smallest absolute Gasteiger partial charge is 0.357 e. The van der Waals surface area contributed by atoms with Gasteiger partial charge in [0.05, 0.1) is 16.9 Å². The summed E-state index contributed by atoms with van der Waals surface area (Å²) in [5.74, 6) is -1.69. The Hall–Kier alpha value is -3.81. The maximum absolute atomic E-state index is 12.1. The molecule has 8 nitrogen and oxygen atoms in total. The minimum atomic E-state index is -1.24. The van der Waals surface area contributed by atoms with Crippen molar-refractivity contribution in [2.24, 2.45) is 15.3 Å². The first-order valence-corrected chi connectivity index (χ1v) is 10.2. The molecule has 2 aromatic rings. The first kappa shape index (κ1) is 20.5. The van der Waals surface area contributed by atoms with Gasteiger partial charge in [0.15, 0.2) is 5.71 Å². The number of piperidine rings is 1. The number of amides is 1. The van der Waals surface area contributed by atoms with E-state index in [4.69, 9.17) is 0 Å². The Kier molecular flexibility index (Phi) is 5.88. The van der Waals surface area contributed by atoms with E-state index in [-0.39, 0.29) is 11.3 Å². The van der Waals surface area contributed by atoms with Gasteiger partial charge >= 0.3 is 5.97 Å². The van der Waals surface area contributed by atoms with Gasteiger partial charge in [0, 0.05) is 25.8 Å². The Morgan fingerprint density at radius 1 is 0.968 bits per heavy atom. The van der Waals surface area contributed by atoms with Crippen LogP contribution in [0.15, 0.2) is 69.4 Å². The summed E-state index contributed by atoms with van der Waals surface area (Å²) in [5, 5.41) is 22.6. The molecule has 158 valence electrons. The van der Waals surface area contributed by atoms with E-state index in [1.807, 2.05) is 12.1 Å². The number of hydrogen-bond acceptors (Lipinski definition) is 6. The average Bonchev–Trinajstić information content (AvgIpc) is 3.08. The van der Waals surface area contributed by atoms with Crippen molar-refractivity contribution in [3.63, 3.8) is 0 Å². The summed E-state index contributed by atoms with van der Waals surface area (Å²) in [6, 6.07) is 15.1. The lowest BCUT2D eigenvalue weighted by molar-refractivity contribution is -0.129. The quantitative estimate of drug-likeness (QED) is 0.576. The van der Waals surface area contributed by atoms with Gasteiger partial charge in [-0.1, -0.05) is 12.1 Å². The van der Waals surface area contributed by atoms with Crippen LogP contribution in [0.4, 0.5) is 17.1 Å². The maximum Gasteiger partial charge on any atom is 0.357 e. The molecule has 0 aromatic heterocycles. The maximum atomic E-state index is 12.1. The number of rotatable bonds is 5. The predicted octanol–water partition coefficient (Wildman–Crippen LogP) is 4.39. The van der Waals surface area contributed by atoms with Gasteiger partial charge in [-0.15, -0.1) is 0 Å². The molecule has 0 atom stereocenters. The first-order chi connectivity index (χ1) is 15.0. The van der Waals surface area contributed by atoms with E-state index in [2.05, 4.69) is 32.4 Å². The number of nitrogens with zero attached hydrogens (tertiary/aromatic N) is 5. The number of benzene rings is 2. The van der Waals surface area contributed by atoms with Crippen molar-refractivity contribution in [1.82, 2.24) is 5.01 Å². The summed E-state index contributed by atoms with van der Waals surface area (Å²) in [5.41, 5.74) is 3.12. The lowest BCUT2D eigenvalue weighted by atomic mass is 10.1. The van der Waals surface area contributed by atoms with Gasteiger partial charge in [0.1, 0.15) is 0 Å². The molecule has 8 heteroatoms. The molecule has 1 saturated heterocycles. The number of carbonyl (C=O) groups is 2. The van der Waals surface area contributed by atoms with Crippen LogP contribution >= 0.6 is 0 Å². The SMILES string of the molecule is CN1N=C(C(=O)O)/C(=C/c2ccc(N=Nc3ccc(N4CCCCC4)cc3)cc2)C1=O. The second-order valence-corrected chi connectivity index (χ2v) is 7.50. The van der Waals surface area contributed by atoms with Crippen LogP contribution in [0.5, 0.6) is 0 Å². The highest BCUT2D eigenvalue weighted by molar-refractivity contribution is 6.51. The van der Waals surface area contributed by atoms with Gasteiger partial charge in [-0.2, -0.15) is 15.3 Å². The van der Waals surface area contributed by atoms with Crippen molar-refractivity contribution < 1.29 is 14.7 Å². The summed E-state index contributed by atoms with van der Waals surface area (Å²) in [6.07, 6.45) is 5.30. The molecule has 1 N–H and O–H groups in total. The van der Waals surface area contributed by atoms with Gasteiger partial charge in [0.2, 0.25) is 0 Å². The van der Waals surface area contributed by atoms with Gasteiger partial charge < -0.3 is 10.0 Å². The molecule has 0 radical (unpaired) electrons. The number of anilines is 1. The van der Waals surface area contributed by atoms with E-state index in [9.17, 15) is 14.7 Å². The van der Waals surface area contributed by atoms with Gasteiger partial charge in [-0.25, -0.2) is 9.80 Å². The van der Waals surface area contributed by atoms with Crippen LogP contribution in [0, 0.1) is 0 Å². The zero-order valence-electron chi connectivity index (χ0n) is 17.2. The molecule has 31 heavy (non-hydrogen) atoms. The number of carbonyl (C=O) groups excluding carboxylic acids is 1. The third-order valence-corrected chi connectivity index (χ3v) is 5.29. The first-order valence-electron chi connectivity index (χ1n) is 10.2. The highest BCUT2D eigenvalue weighted by Crippen LogP contribution is 2.25. The molecule has 1 amide bonds. The summed E-state index contributed by atoms with van der Waals surface area (Å²) in [6.45, 7) is 2.20. The lowest BCUT2D eigenvalue weighted by Gasteiger charge is -2.28. The second-order valence-electron chi connectivity index (χ2n) is 7.50. The van der Waals surface area contributed by atoms with Crippen molar-refractivity contribution >= 4 is 40.7 Å². The van der Waals surface area contributed by atoms with E-state index in [0.29, 0.717) is 11.3 Å². The fraction of sp³-hybridized carbons (Fsp3) is 0.261. The number of hydrazone groups is 1. The molecule has 0 saturated carbocycles. The third-order valence-electron chi connectivity index (χ3n) is 5.29. The number of aliphatic carboxylic acids is 1. The van der Waals surface area contributed by atoms with E-state index in [1.54, 1.807) is 24.3 Å². The molecule has 0 spiro atoms. The van der Waals surface area contributed by atoms with Crippen LogP contribution in [0.25, 0.3) is 6.08 Å².